The Morgan fingerprint density at radius 3 is 2.72 bits per heavy atom. The first-order valence-corrected chi connectivity index (χ1v) is 10.7. The number of fused-ring (bicyclic) bond motifs is 2. The molecule has 0 unspecified atom stereocenters. The van der Waals surface area contributed by atoms with Gasteiger partial charge in [0.05, 0.1) is 32.0 Å². The average Bonchev–Trinajstić information content (AvgIpc) is 3.27. The molecule has 1 aromatic carbocycles. The molecule has 0 saturated carbocycles. The second-order valence-corrected chi connectivity index (χ2v) is 7.59. The van der Waals surface area contributed by atoms with E-state index in [0.29, 0.717) is 48.7 Å². The highest BCUT2D eigenvalue weighted by Crippen LogP contribution is 2.42. The highest BCUT2D eigenvalue weighted by Gasteiger charge is 2.27. The van der Waals surface area contributed by atoms with Crippen LogP contribution in [0.2, 0.25) is 0 Å². The Labute approximate surface area is 184 Å². The van der Waals surface area contributed by atoms with Gasteiger partial charge in [0.2, 0.25) is 5.75 Å². The smallest absolute Gasteiger partial charge is 0.347 e. The number of morpholine rings is 1. The molecule has 3 heterocycles. The van der Waals surface area contributed by atoms with Gasteiger partial charge in [-0.15, -0.1) is 0 Å². The molecule has 1 atom stereocenters. The number of esters is 1. The minimum Gasteiger partial charge on any atom is -0.490 e. The number of carbonyl (C=O) groups is 1. The monoisotopic (exact) mass is 445 g/mol. The lowest BCUT2D eigenvalue weighted by Gasteiger charge is -2.26. The summed E-state index contributed by atoms with van der Waals surface area (Å²) in [5.74, 6) is 0.453. The van der Waals surface area contributed by atoms with Crippen LogP contribution in [0.1, 0.15) is 19.1 Å². The Balaban J connectivity index is 1.62. The largest absolute Gasteiger partial charge is 0.490 e. The van der Waals surface area contributed by atoms with Crippen molar-refractivity contribution in [3.05, 3.63) is 34.4 Å². The van der Waals surface area contributed by atoms with E-state index in [1.807, 2.05) is 6.92 Å². The minimum absolute atomic E-state index is 0.195. The van der Waals surface area contributed by atoms with E-state index in [1.165, 1.54) is 19.4 Å². The maximum Gasteiger partial charge on any atom is 0.347 e. The minimum atomic E-state index is -0.893. The molecule has 0 spiro atoms. The first kappa shape index (κ1) is 22.2. The Kier molecular flexibility index (Phi) is 6.66. The maximum absolute atomic E-state index is 12.9. The van der Waals surface area contributed by atoms with Crippen molar-refractivity contribution in [1.82, 2.24) is 4.90 Å². The molecular weight excluding hydrogens is 418 g/mol. The van der Waals surface area contributed by atoms with E-state index >= 15 is 0 Å². The number of furan rings is 1. The number of methoxy groups -OCH3 is 1. The third kappa shape index (κ3) is 4.31. The van der Waals surface area contributed by atoms with Crippen molar-refractivity contribution in [2.24, 2.45) is 0 Å². The van der Waals surface area contributed by atoms with E-state index in [1.54, 1.807) is 13.0 Å². The number of carbonyl (C=O) groups excluding carboxylic acids is 1. The maximum atomic E-state index is 12.9. The van der Waals surface area contributed by atoms with Crippen LogP contribution in [0.15, 0.2) is 32.0 Å². The van der Waals surface area contributed by atoms with Gasteiger partial charge in [-0.3, -0.25) is 9.69 Å². The summed E-state index contributed by atoms with van der Waals surface area (Å²) >= 11 is 0. The van der Waals surface area contributed by atoms with Crippen molar-refractivity contribution in [1.29, 1.82) is 0 Å². The van der Waals surface area contributed by atoms with Crippen molar-refractivity contribution in [2.45, 2.75) is 26.4 Å². The fourth-order valence-corrected chi connectivity index (χ4v) is 3.83. The van der Waals surface area contributed by atoms with Crippen LogP contribution in [0.4, 0.5) is 0 Å². The molecule has 4 rings (SSSR count). The number of hydrogen-bond donors (Lipinski definition) is 0. The van der Waals surface area contributed by atoms with E-state index in [4.69, 9.17) is 27.8 Å². The van der Waals surface area contributed by atoms with Crippen LogP contribution in [0, 0.1) is 6.92 Å². The molecule has 1 saturated heterocycles. The molecule has 0 radical (unpaired) electrons. The van der Waals surface area contributed by atoms with Gasteiger partial charge in [0.1, 0.15) is 23.5 Å². The van der Waals surface area contributed by atoms with Gasteiger partial charge in [0, 0.05) is 25.7 Å². The first-order valence-electron chi connectivity index (χ1n) is 10.7. The van der Waals surface area contributed by atoms with Gasteiger partial charge in [0.25, 0.3) is 0 Å². The summed E-state index contributed by atoms with van der Waals surface area (Å²) in [6.07, 6.45) is 0.938. The Morgan fingerprint density at radius 2 is 2.00 bits per heavy atom. The van der Waals surface area contributed by atoms with Crippen LogP contribution in [-0.4, -0.2) is 63.5 Å². The highest BCUT2D eigenvalue weighted by atomic mass is 16.6. The van der Waals surface area contributed by atoms with Crippen molar-refractivity contribution in [3.63, 3.8) is 0 Å². The van der Waals surface area contributed by atoms with Crippen LogP contribution in [0.5, 0.6) is 11.5 Å². The predicted octanol–water partition coefficient (Wildman–Crippen LogP) is 2.89. The zero-order valence-electron chi connectivity index (χ0n) is 18.5. The zero-order chi connectivity index (χ0) is 22.7. The van der Waals surface area contributed by atoms with Crippen LogP contribution >= 0.6 is 0 Å². The number of benzene rings is 1. The summed E-state index contributed by atoms with van der Waals surface area (Å²) in [6, 6.07) is 3.05. The zero-order valence-corrected chi connectivity index (χ0v) is 18.5. The highest BCUT2D eigenvalue weighted by molar-refractivity contribution is 6.06. The molecule has 172 valence electrons. The van der Waals surface area contributed by atoms with Gasteiger partial charge in [-0.25, -0.2) is 4.79 Å². The molecule has 1 fully saturated rings. The summed E-state index contributed by atoms with van der Waals surface area (Å²) in [7, 11) is 1.47. The molecule has 0 bridgehead atoms. The van der Waals surface area contributed by atoms with Crippen LogP contribution in [-0.2, 0) is 14.3 Å². The number of aryl methyl sites for hydroxylation is 1. The summed E-state index contributed by atoms with van der Waals surface area (Å²) < 4.78 is 33.7. The van der Waals surface area contributed by atoms with E-state index in [2.05, 4.69) is 4.90 Å². The van der Waals surface area contributed by atoms with Gasteiger partial charge in [-0.05, 0) is 19.4 Å². The van der Waals surface area contributed by atoms with Crippen LogP contribution in [0.25, 0.3) is 21.9 Å². The molecule has 0 N–H and O–H groups in total. The number of nitrogens with zero attached hydrogens (tertiary/aromatic N) is 1. The Morgan fingerprint density at radius 1 is 1.22 bits per heavy atom. The summed E-state index contributed by atoms with van der Waals surface area (Å²) in [6.45, 7) is 7.38. The summed E-state index contributed by atoms with van der Waals surface area (Å²) in [5.41, 5.74) is 0.292. The SMILES string of the molecule is CC[C@@H](Oc1c2ccoc2c(OC)c2oc(C)cc(=O)c12)C(=O)OCCN1CCOCC1. The van der Waals surface area contributed by atoms with E-state index in [0.717, 1.165) is 13.1 Å². The Hall–Kier alpha value is -3.04. The molecule has 0 amide bonds. The third-order valence-corrected chi connectivity index (χ3v) is 5.47. The summed E-state index contributed by atoms with van der Waals surface area (Å²) in [5, 5.41) is 0.714. The van der Waals surface area contributed by atoms with Gasteiger partial charge in [-0.1, -0.05) is 6.92 Å². The van der Waals surface area contributed by atoms with Crippen molar-refractivity contribution >= 4 is 27.9 Å². The topological polar surface area (TPSA) is 101 Å². The number of hydrogen-bond acceptors (Lipinski definition) is 9. The van der Waals surface area contributed by atoms with E-state index in [-0.39, 0.29) is 28.8 Å². The lowest BCUT2D eigenvalue weighted by atomic mass is 10.1. The molecule has 2 aromatic heterocycles. The third-order valence-electron chi connectivity index (χ3n) is 5.47. The van der Waals surface area contributed by atoms with Crippen molar-refractivity contribution < 1.29 is 32.6 Å². The van der Waals surface area contributed by atoms with Crippen molar-refractivity contribution in [3.8, 4) is 11.5 Å². The molecule has 1 aliphatic heterocycles. The molecule has 1 aliphatic rings. The predicted molar refractivity (Wildman–Crippen MR) is 116 cm³/mol. The average molecular weight is 445 g/mol. The number of rotatable bonds is 8. The molecule has 3 aromatic rings. The van der Waals surface area contributed by atoms with Crippen molar-refractivity contribution in [2.75, 3.05) is 46.6 Å². The van der Waals surface area contributed by atoms with Gasteiger partial charge in [0.15, 0.2) is 22.7 Å². The molecule has 9 nitrogen and oxygen atoms in total. The van der Waals surface area contributed by atoms with E-state index in [9.17, 15) is 9.59 Å². The molecule has 0 aliphatic carbocycles. The van der Waals surface area contributed by atoms with Crippen LogP contribution < -0.4 is 14.9 Å². The van der Waals surface area contributed by atoms with E-state index < -0.39 is 12.1 Å². The fraction of sp³-hybridized carbons (Fsp3) is 0.478. The second-order valence-electron chi connectivity index (χ2n) is 7.59. The van der Waals surface area contributed by atoms with Gasteiger partial charge in [-0.2, -0.15) is 0 Å². The lowest BCUT2D eigenvalue weighted by Crippen LogP contribution is -2.39. The lowest BCUT2D eigenvalue weighted by molar-refractivity contribution is -0.152. The molecular formula is C23H27NO8. The van der Waals surface area contributed by atoms with Gasteiger partial charge >= 0.3 is 5.97 Å². The normalized spacial score (nSPS) is 15.7. The second kappa shape index (κ2) is 9.62. The molecule has 32 heavy (non-hydrogen) atoms. The van der Waals surface area contributed by atoms with Gasteiger partial charge < -0.3 is 27.8 Å². The van der Waals surface area contributed by atoms with Crippen LogP contribution in [0.3, 0.4) is 0 Å². The number of ether oxygens (including phenoxy) is 4. The Bertz CT molecular complexity index is 1160. The quantitative estimate of drug-likeness (QED) is 0.485. The first-order chi connectivity index (χ1) is 15.5. The summed E-state index contributed by atoms with van der Waals surface area (Å²) in [4.78, 5) is 27.8. The standard InChI is InChI=1S/C23H27NO8/c1-4-17(23(26)30-12-8-24-6-10-28-11-7-24)32-19-15-5-9-29-20(15)22(27-3)21-18(19)16(25)13-14(2)31-21/h5,9,13,17H,4,6-8,10-12H2,1-3H3/t17-/m1/s1. The fourth-order valence-electron chi connectivity index (χ4n) is 3.83. The molecule has 9 heteroatoms.